The number of aryl methyl sites for hydroxylation is 1. The predicted octanol–water partition coefficient (Wildman–Crippen LogP) is -0.446. The minimum atomic E-state index is -4.44. The number of nitrogens with zero attached hydrogens (tertiary/aromatic N) is 2. The summed E-state index contributed by atoms with van der Waals surface area (Å²) in [5, 5.41) is 0. The van der Waals surface area contributed by atoms with Crippen LogP contribution < -0.4 is 11.2 Å². The first-order chi connectivity index (χ1) is 9.20. The van der Waals surface area contributed by atoms with E-state index in [1.54, 1.807) is 6.92 Å². The van der Waals surface area contributed by atoms with Gasteiger partial charge in [0, 0.05) is 24.8 Å². The molecule has 110 valence electrons. The van der Waals surface area contributed by atoms with E-state index in [1.165, 1.54) is 15.7 Å². The van der Waals surface area contributed by atoms with Gasteiger partial charge in [-0.2, -0.15) is 0 Å². The Labute approximate surface area is 119 Å². The Morgan fingerprint density at radius 1 is 1.50 bits per heavy atom. The third kappa shape index (κ3) is 2.90. The molecule has 1 aliphatic heterocycles. The number of likely N-dealkylation sites (tertiary alicyclic amines) is 1. The average Bonchev–Trinajstić information content (AvgIpc) is 2.80. The van der Waals surface area contributed by atoms with Crippen molar-refractivity contribution >= 4 is 24.5 Å². The van der Waals surface area contributed by atoms with E-state index in [-0.39, 0.29) is 12.6 Å². The summed E-state index contributed by atoms with van der Waals surface area (Å²) in [5.41, 5.74) is -0.568. The first-order valence-corrected chi connectivity index (χ1v) is 7.89. The van der Waals surface area contributed by atoms with E-state index in [9.17, 15) is 14.2 Å². The van der Waals surface area contributed by atoms with E-state index in [2.05, 4.69) is 4.98 Å². The molecule has 1 aromatic rings. The molecule has 3 N–H and O–H groups in total. The summed E-state index contributed by atoms with van der Waals surface area (Å²) in [6.07, 6.45) is 1.97. The van der Waals surface area contributed by atoms with Crippen molar-refractivity contribution in [3.8, 4) is 0 Å². The van der Waals surface area contributed by atoms with Gasteiger partial charge >= 0.3 is 13.3 Å². The molecule has 1 unspecified atom stereocenters. The number of thiocarbonyl (C=S) groups is 1. The quantitative estimate of drug-likeness (QED) is 0.499. The first kappa shape index (κ1) is 15.1. The molecule has 0 amide bonds. The van der Waals surface area contributed by atoms with Crippen LogP contribution in [0.3, 0.4) is 0 Å². The van der Waals surface area contributed by atoms with Gasteiger partial charge in [-0.15, -0.1) is 0 Å². The number of hydrogen-bond donors (Lipinski definition) is 3. The highest BCUT2D eigenvalue weighted by molar-refractivity contribution is 7.97. The van der Waals surface area contributed by atoms with Gasteiger partial charge in [-0.1, -0.05) is 12.2 Å². The van der Waals surface area contributed by atoms with Crippen LogP contribution >= 0.6 is 19.8 Å². The number of aromatic nitrogens is 2. The molecule has 1 fully saturated rings. The van der Waals surface area contributed by atoms with Gasteiger partial charge in [-0.05, 0) is 13.3 Å². The summed E-state index contributed by atoms with van der Waals surface area (Å²) in [7, 11) is -4.44. The highest BCUT2D eigenvalue weighted by Gasteiger charge is 2.33. The summed E-state index contributed by atoms with van der Waals surface area (Å²) in [5.74, 6) is 0. The lowest BCUT2D eigenvalue weighted by Gasteiger charge is -2.20. The molecule has 0 aromatic carbocycles. The molecule has 1 saturated heterocycles. The fraction of sp³-hybridized carbons (Fsp3) is 0.500. The van der Waals surface area contributed by atoms with Gasteiger partial charge in [-0.3, -0.25) is 18.9 Å². The summed E-state index contributed by atoms with van der Waals surface area (Å²) in [4.78, 5) is 44.8. The van der Waals surface area contributed by atoms with Crippen LogP contribution in [-0.4, -0.2) is 42.1 Å². The fourth-order valence-corrected chi connectivity index (χ4v) is 2.90. The van der Waals surface area contributed by atoms with Crippen LogP contribution in [-0.2, 0) is 4.57 Å². The van der Waals surface area contributed by atoms with Gasteiger partial charge in [0.1, 0.15) is 0 Å². The molecule has 1 aliphatic rings. The largest absolute Gasteiger partial charge is 0.383 e. The van der Waals surface area contributed by atoms with Crippen LogP contribution in [0, 0.1) is 6.92 Å². The number of nitrogens with one attached hydrogen (secondary N) is 1. The summed E-state index contributed by atoms with van der Waals surface area (Å²) in [6, 6.07) is -0.275. The molecular formula is C10H14N3O5PS. The third-order valence-electron chi connectivity index (χ3n) is 3.22. The number of aromatic amines is 1. The zero-order valence-electron chi connectivity index (χ0n) is 10.6. The molecule has 0 aliphatic carbocycles. The van der Waals surface area contributed by atoms with Crippen molar-refractivity contribution in [2.45, 2.75) is 19.4 Å². The van der Waals surface area contributed by atoms with Crippen molar-refractivity contribution in [3.63, 3.8) is 0 Å². The number of hydrogen-bond acceptors (Lipinski definition) is 4. The van der Waals surface area contributed by atoms with Crippen LogP contribution in [0.1, 0.15) is 18.0 Å². The molecular weight excluding hydrogens is 305 g/mol. The van der Waals surface area contributed by atoms with Crippen molar-refractivity contribution in [2.24, 2.45) is 0 Å². The zero-order valence-corrected chi connectivity index (χ0v) is 12.4. The van der Waals surface area contributed by atoms with E-state index >= 15 is 0 Å². The maximum atomic E-state index is 11.8. The van der Waals surface area contributed by atoms with E-state index in [4.69, 9.17) is 22.0 Å². The standard InChI is InChI=1S/C10H14N3O5PS/c1-6-4-13(9(15)11-8(6)14)7-2-3-12(5-7)10(20)19(16,17)18/h4,7H,2-3,5H2,1H3,(H,11,14,15)(H2,16,17,18). The lowest BCUT2D eigenvalue weighted by molar-refractivity contribution is 0.380. The molecule has 20 heavy (non-hydrogen) atoms. The van der Waals surface area contributed by atoms with E-state index < -0.39 is 23.6 Å². The topological polar surface area (TPSA) is 116 Å². The van der Waals surface area contributed by atoms with Gasteiger partial charge in [0.2, 0.25) is 0 Å². The van der Waals surface area contributed by atoms with Crippen LogP contribution in [0.15, 0.2) is 15.8 Å². The van der Waals surface area contributed by atoms with Gasteiger partial charge in [0.05, 0.1) is 6.04 Å². The third-order valence-corrected chi connectivity index (χ3v) is 4.98. The second kappa shape index (κ2) is 5.25. The smallest absolute Gasteiger partial charge is 0.354 e. The van der Waals surface area contributed by atoms with Crippen molar-refractivity contribution < 1.29 is 14.4 Å². The summed E-state index contributed by atoms with van der Waals surface area (Å²) >= 11 is 4.75. The average molecular weight is 319 g/mol. The van der Waals surface area contributed by atoms with Gasteiger partial charge in [-0.25, -0.2) is 4.79 Å². The fourth-order valence-electron chi connectivity index (χ4n) is 2.18. The molecule has 0 bridgehead atoms. The molecule has 1 aromatic heterocycles. The molecule has 0 spiro atoms. The maximum Gasteiger partial charge on any atom is 0.383 e. The Kier molecular flexibility index (Phi) is 3.97. The van der Waals surface area contributed by atoms with Crippen molar-refractivity contribution in [3.05, 3.63) is 32.6 Å². The SMILES string of the molecule is Cc1cn(C2CCN(C(=S)P(=O)(O)O)C2)c(=O)[nH]c1=O. The Balaban J connectivity index is 2.25. The molecule has 0 saturated carbocycles. The molecule has 0 radical (unpaired) electrons. The Morgan fingerprint density at radius 3 is 2.75 bits per heavy atom. The molecule has 1 atom stereocenters. The zero-order chi connectivity index (χ0) is 15.1. The Bertz CT molecular complexity index is 706. The second-order valence-electron chi connectivity index (χ2n) is 4.69. The minimum absolute atomic E-state index is 0.231. The normalized spacial score (nSPS) is 19.4. The highest BCUT2D eigenvalue weighted by Crippen LogP contribution is 2.40. The van der Waals surface area contributed by atoms with E-state index in [1.807, 2.05) is 0 Å². The van der Waals surface area contributed by atoms with Crippen LogP contribution in [0.25, 0.3) is 0 Å². The first-order valence-electron chi connectivity index (χ1n) is 5.87. The Hall–Kier alpha value is -1.28. The monoisotopic (exact) mass is 319 g/mol. The highest BCUT2D eigenvalue weighted by atomic mass is 32.1. The lowest BCUT2D eigenvalue weighted by Crippen LogP contribution is -2.35. The summed E-state index contributed by atoms with van der Waals surface area (Å²) < 4.78 is 12.1. The van der Waals surface area contributed by atoms with Gasteiger partial charge in [0.25, 0.3) is 5.56 Å². The van der Waals surface area contributed by atoms with Crippen LogP contribution in [0.5, 0.6) is 0 Å². The number of H-pyrrole nitrogens is 1. The second-order valence-corrected chi connectivity index (χ2v) is 6.89. The van der Waals surface area contributed by atoms with E-state index in [0.717, 1.165) is 0 Å². The van der Waals surface area contributed by atoms with Crippen molar-refractivity contribution in [1.29, 1.82) is 0 Å². The molecule has 2 heterocycles. The number of rotatable bonds is 2. The van der Waals surface area contributed by atoms with E-state index in [0.29, 0.717) is 18.5 Å². The molecule has 10 heteroatoms. The lowest BCUT2D eigenvalue weighted by atomic mass is 10.2. The van der Waals surface area contributed by atoms with Crippen molar-refractivity contribution in [2.75, 3.05) is 13.1 Å². The Morgan fingerprint density at radius 2 is 2.15 bits per heavy atom. The van der Waals surface area contributed by atoms with Gasteiger partial charge < -0.3 is 14.7 Å². The minimum Gasteiger partial charge on any atom is -0.354 e. The molecule has 8 nitrogen and oxygen atoms in total. The maximum absolute atomic E-state index is 11.8. The summed E-state index contributed by atoms with van der Waals surface area (Å²) in [6.45, 7) is 2.18. The molecule has 2 rings (SSSR count). The van der Waals surface area contributed by atoms with Crippen LogP contribution in [0.2, 0.25) is 0 Å². The van der Waals surface area contributed by atoms with Gasteiger partial charge in [0.15, 0.2) is 4.73 Å². The van der Waals surface area contributed by atoms with Crippen LogP contribution in [0.4, 0.5) is 0 Å². The predicted molar refractivity (Wildman–Crippen MR) is 75.9 cm³/mol. The van der Waals surface area contributed by atoms with Crippen molar-refractivity contribution in [1.82, 2.24) is 14.5 Å².